The van der Waals surface area contributed by atoms with Crippen LogP contribution < -0.4 is 5.73 Å². The summed E-state index contributed by atoms with van der Waals surface area (Å²) >= 11 is 0. The minimum atomic E-state index is 0.406. The number of hydrogen-bond acceptors (Lipinski definition) is 3. The molecule has 4 nitrogen and oxygen atoms in total. The summed E-state index contributed by atoms with van der Waals surface area (Å²) in [5, 5.41) is 0. The zero-order valence-corrected chi connectivity index (χ0v) is 13.3. The summed E-state index contributed by atoms with van der Waals surface area (Å²) in [7, 11) is 0. The Labute approximate surface area is 129 Å². The summed E-state index contributed by atoms with van der Waals surface area (Å²) in [6.45, 7) is 6.02. The van der Waals surface area contributed by atoms with Gasteiger partial charge < -0.3 is 10.6 Å². The highest BCUT2D eigenvalue weighted by Crippen LogP contribution is 2.56. The van der Waals surface area contributed by atoms with Crippen molar-refractivity contribution in [1.29, 1.82) is 0 Å². The SMILES string of the molecule is NCCCCCN1CCN(C(=O)C2C3CCCCC32)CC1. The fourth-order valence-electron chi connectivity index (χ4n) is 4.42. The van der Waals surface area contributed by atoms with Crippen LogP contribution in [-0.4, -0.2) is 55.0 Å². The zero-order chi connectivity index (χ0) is 14.7. The van der Waals surface area contributed by atoms with Crippen molar-refractivity contribution in [1.82, 2.24) is 9.80 Å². The number of nitrogens with zero attached hydrogens (tertiary/aromatic N) is 2. The van der Waals surface area contributed by atoms with Gasteiger partial charge in [-0.2, -0.15) is 0 Å². The van der Waals surface area contributed by atoms with Crippen LogP contribution >= 0.6 is 0 Å². The minimum absolute atomic E-state index is 0.406. The lowest BCUT2D eigenvalue weighted by molar-refractivity contribution is -0.135. The molecule has 2 saturated carbocycles. The van der Waals surface area contributed by atoms with Gasteiger partial charge in [-0.25, -0.2) is 0 Å². The van der Waals surface area contributed by atoms with Gasteiger partial charge in [-0.1, -0.05) is 19.3 Å². The molecule has 1 saturated heterocycles. The summed E-state index contributed by atoms with van der Waals surface area (Å²) in [6.07, 6.45) is 8.94. The van der Waals surface area contributed by atoms with E-state index in [0.717, 1.165) is 51.0 Å². The highest BCUT2D eigenvalue weighted by atomic mass is 16.2. The topological polar surface area (TPSA) is 49.6 Å². The molecular weight excluding hydrogens is 262 g/mol. The predicted octanol–water partition coefficient (Wildman–Crippen LogP) is 1.70. The van der Waals surface area contributed by atoms with Crippen LogP contribution in [0.2, 0.25) is 0 Å². The van der Waals surface area contributed by atoms with E-state index in [9.17, 15) is 4.79 Å². The highest BCUT2D eigenvalue weighted by molar-refractivity contribution is 5.82. The third-order valence-electron chi connectivity index (χ3n) is 5.80. The zero-order valence-electron chi connectivity index (χ0n) is 13.3. The molecule has 0 aromatic heterocycles. The Hall–Kier alpha value is -0.610. The number of unbranched alkanes of at least 4 members (excludes halogenated alkanes) is 2. The number of amides is 1. The van der Waals surface area contributed by atoms with Crippen molar-refractivity contribution < 1.29 is 4.79 Å². The Balaban J connectivity index is 1.36. The quantitative estimate of drug-likeness (QED) is 0.758. The molecule has 1 heterocycles. The van der Waals surface area contributed by atoms with Crippen LogP contribution in [0.25, 0.3) is 0 Å². The van der Waals surface area contributed by atoms with Crippen molar-refractivity contribution >= 4 is 5.91 Å². The number of piperazine rings is 1. The summed E-state index contributed by atoms with van der Waals surface area (Å²) in [6, 6.07) is 0. The number of hydrogen-bond donors (Lipinski definition) is 1. The molecule has 0 aromatic carbocycles. The van der Waals surface area contributed by atoms with Gasteiger partial charge in [-0.05, 0) is 50.6 Å². The third kappa shape index (κ3) is 3.59. The molecule has 120 valence electrons. The van der Waals surface area contributed by atoms with E-state index in [4.69, 9.17) is 5.73 Å². The molecule has 0 bridgehead atoms. The maximum Gasteiger partial charge on any atom is 0.226 e. The minimum Gasteiger partial charge on any atom is -0.340 e. The van der Waals surface area contributed by atoms with Gasteiger partial charge in [0.1, 0.15) is 0 Å². The molecule has 0 aromatic rings. The maximum absolute atomic E-state index is 12.6. The van der Waals surface area contributed by atoms with E-state index < -0.39 is 0 Å². The van der Waals surface area contributed by atoms with Crippen LogP contribution in [-0.2, 0) is 4.79 Å². The fraction of sp³-hybridized carbons (Fsp3) is 0.941. The van der Waals surface area contributed by atoms with Crippen LogP contribution in [0.3, 0.4) is 0 Å². The van der Waals surface area contributed by atoms with E-state index in [-0.39, 0.29) is 0 Å². The van der Waals surface area contributed by atoms with Gasteiger partial charge in [0, 0.05) is 32.1 Å². The molecule has 1 aliphatic heterocycles. The Morgan fingerprint density at radius 2 is 1.62 bits per heavy atom. The van der Waals surface area contributed by atoms with Crippen LogP contribution in [0.1, 0.15) is 44.9 Å². The van der Waals surface area contributed by atoms with Crippen LogP contribution in [0.5, 0.6) is 0 Å². The number of fused-ring (bicyclic) bond motifs is 1. The van der Waals surface area contributed by atoms with Gasteiger partial charge in [0.05, 0.1) is 0 Å². The second-order valence-corrected chi connectivity index (χ2v) is 7.15. The molecule has 2 atom stereocenters. The average molecular weight is 293 g/mol. The molecule has 3 fully saturated rings. The molecular formula is C17H31N3O. The van der Waals surface area contributed by atoms with Crippen LogP contribution in [0.4, 0.5) is 0 Å². The highest BCUT2D eigenvalue weighted by Gasteiger charge is 2.55. The molecule has 0 spiro atoms. The van der Waals surface area contributed by atoms with Crippen molar-refractivity contribution in [2.24, 2.45) is 23.5 Å². The van der Waals surface area contributed by atoms with E-state index in [1.165, 1.54) is 45.1 Å². The van der Waals surface area contributed by atoms with Crippen molar-refractivity contribution in [3.63, 3.8) is 0 Å². The second kappa shape index (κ2) is 7.10. The third-order valence-corrected chi connectivity index (χ3v) is 5.80. The number of carbonyl (C=O) groups excluding carboxylic acids is 1. The standard InChI is InChI=1S/C17H31N3O/c18-8-4-1-5-9-19-10-12-20(13-11-19)17(21)16-14-6-2-3-7-15(14)16/h14-16H,1-13,18H2. The lowest BCUT2D eigenvalue weighted by atomic mass is 10.0. The van der Waals surface area contributed by atoms with E-state index in [1.807, 2.05) is 0 Å². The second-order valence-electron chi connectivity index (χ2n) is 7.15. The van der Waals surface area contributed by atoms with Gasteiger partial charge in [0.15, 0.2) is 0 Å². The first kappa shape index (κ1) is 15.3. The summed E-state index contributed by atoms with van der Waals surface area (Å²) in [5.41, 5.74) is 5.53. The number of nitrogens with two attached hydrogens (primary N) is 1. The molecule has 1 amide bonds. The van der Waals surface area contributed by atoms with E-state index in [2.05, 4.69) is 9.80 Å². The number of rotatable bonds is 6. The van der Waals surface area contributed by atoms with E-state index in [1.54, 1.807) is 0 Å². The first-order valence-electron chi connectivity index (χ1n) is 9.02. The normalized spacial score (nSPS) is 32.8. The van der Waals surface area contributed by atoms with Gasteiger partial charge in [0.2, 0.25) is 5.91 Å². The van der Waals surface area contributed by atoms with Crippen molar-refractivity contribution in [3.05, 3.63) is 0 Å². The van der Waals surface area contributed by atoms with E-state index >= 15 is 0 Å². The van der Waals surface area contributed by atoms with Gasteiger partial charge in [-0.3, -0.25) is 9.69 Å². The molecule has 0 radical (unpaired) electrons. The smallest absolute Gasteiger partial charge is 0.226 e. The maximum atomic E-state index is 12.6. The van der Waals surface area contributed by atoms with Crippen molar-refractivity contribution in [3.8, 4) is 0 Å². The Morgan fingerprint density at radius 3 is 2.24 bits per heavy atom. The molecule has 21 heavy (non-hydrogen) atoms. The summed E-state index contributed by atoms with van der Waals surface area (Å²) in [4.78, 5) is 17.3. The van der Waals surface area contributed by atoms with Crippen LogP contribution in [0, 0.1) is 17.8 Å². The fourth-order valence-corrected chi connectivity index (χ4v) is 4.42. The first-order chi connectivity index (χ1) is 10.3. The Morgan fingerprint density at radius 1 is 0.952 bits per heavy atom. The van der Waals surface area contributed by atoms with Crippen molar-refractivity contribution in [2.75, 3.05) is 39.3 Å². The Kier molecular flexibility index (Phi) is 5.17. The predicted molar refractivity (Wildman–Crippen MR) is 84.9 cm³/mol. The summed E-state index contributed by atoms with van der Waals surface area (Å²) in [5.74, 6) is 2.39. The molecule has 2 aliphatic carbocycles. The molecule has 3 rings (SSSR count). The molecule has 3 aliphatic rings. The van der Waals surface area contributed by atoms with Gasteiger partial charge in [0.25, 0.3) is 0 Å². The Bertz CT molecular complexity index is 340. The van der Waals surface area contributed by atoms with E-state index in [0.29, 0.717) is 11.8 Å². The summed E-state index contributed by atoms with van der Waals surface area (Å²) < 4.78 is 0. The van der Waals surface area contributed by atoms with Crippen molar-refractivity contribution in [2.45, 2.75) is 44.9 Å². The van der Waals surface area contributed by atoms with Crippen LogP contribution in [0.15, 0.2) is 0 Å². The monoisotopic (exact) mass is 293 g/mol. The number of carbonyl (C=O) groups is 1. The van der Waals surface area contributed by atoms with Gasteiger partial charge >= 0.3 is 0 Å². The molecule has 2 N–H and O–H groups in total. The lowest BCUT2D eigenvalue weighted by Gasteiger charge is -2.35. The first-order valence-corrected chi connectivity index (χ1v) is 9.02. The average Bonchev–Trinajstić information content (AvgIpc) is 3.26. The largest absolute Gasteiger partial charge is 0.340 e. The lowest BCUT2D eigenvalue weighted by Crippen LogP contribution is -2.49. The molecule has 4 heteroatoms. The molecule has 2 unspecified atom stereocenters. The van der Waals surface area contributed by atoms with Gasteiger partial charge in [-0.15, -0.1) is 0 Å².